The fraction of sp³-hybridized carbons (Fsp3) is 0.190. The Labute approximate surface area is 186 Å². The SMILES string of the molecule is CC1=C(C(=O)[O-])C(c2ccc(C#N)cc2S(C)(=O)=O)NC(=O)N1c1cccc(C(F)(F)F)c1. The number of halogens is 3. The molecule has 2 aromatic rings. The molecule has 1 atom stereocenters. The van der Waals surface area contributed by atoms with Crippen LogP contribution in [-0.2, 0) is 20.8 Å². The number of allylic oxidation sites excluding steroid dienone is 1. The maximum absolute atomic E-state index is 13.1. The summed E-state index contributed by atoms with van der Waals surface area (Å²) < 4.78 is 64.0. The van der Waals surface area contributed by atoms with Crippen LogP contribution in [0.25, 0.3) is 0 Å². The molecule has 2 aromatic carbocycles. The summed E-state index contributed by atoms with van der Waals surface area (Å²) in [6, 6.07) is 6.50. The Morgan fingerprint density at radius 3 is 2.42 bits per heavy atom. The molecule has 33 heavy (non-hydrogen) atoms. The number of hydrogen-bond donors (Lipinski definition) is 1. The molecular weight excluding hydrogens is 463 g/mol. The van der Waals surface area contributed by atoms with Gasteiger partial charge in [-0.05, 0) is 42.8 Å². The standard InChI is InChI=1S/C21H16F3N3O5S/c1-11-17(19(28)29)18(15-7-6-12(10-25)8-16(15)33(2,31)32)26-20(30)27(11)14-5-3-4-13(9-14)21(22,23)24/h3-9,18H,1-2H3,(H,26,30)(H,28,29)/p-1. The van der Waals surface area contributed by atoms with E-state index in [9.17, 15) is 36.3 Å². The average Bonchev–Trinajstić information content (AvgIpc) is 2.71. The van der Waals surface area contributed by atoms with Crippen LogP contribution in [0.5, 0.6) is 0 Å². The van der Waals surface area contributed by atoms with Gasteiger partial charge in [-0.3, -0.25) is 4.90 Å². The molecule has 2 amide bonds. The van der Waals surface area contributed by atoms with Gasteiger partial charge < -0.3 is 15.2 Å². The lowest BCUT2D eigenvalue weighted by Gasteiger charge is -2.37. The van der Waals surface area contributed by atoms with Crippen LogP contribution in [0.2, 0.25) is 0 Å². The van der Waals surface area contributed by atoms with E-state index in [1.807, 2.05) is 0 Å². The first-order valence-electron chi connectivity index (χ1n) is 9.19. The van der Waals surface area contributed by atoms with Crippen molar-refractivity contribution in [2.45, 2.75) is 24.0 Å². The van der Waals surface area contributed by atoms with Crippen molar-refractivity contribution in [2.75, 3.05) is 11.2 Å². The van der Waals surface area contributed by atoms with Crippen LogP contribution < -0.4 is 15.3 Å². The predicted molar refractivity (Wildman–Crippen MR) is 107 cm³/mol. The maximum Gasteiger partial charge on any atom is 0.416 e. The number of sulfone groups is 1. The highest BCUT2D eigenvalue weighted by atomic mass is 32.2. The van der Waals surface area contributed by atoms with Crippen molar-refractivity contribution in [2.24, 2.45) is 0 Å². The number of carbonyl (C=O) groups is 2. The van der Waals surface area contributed by atoms with Gasteiger partial charge in [-0.1, -0.05) is 12.1 Å². The lowest BCUT2D eigenvalue weighted by atomic mass is 9.94. The summed E-state index contributed by atoms with van der Waals surface area (Å²) in [5.41, 5.74) is -2.26. The van der Waals surface area contributed by atoms with Crippen molar-refractivity contribution < 1.29 is 36.3 Å². The molecule has 0 fully saturated rings. The molecule has 0 spiro atoms. The molecule has 8 nitrogen and oxygen atoms in total. The third kappa shape index (κ3) is 4.54. The van der Waals surface area contributed by atoms with Crippen LogP contribution in [0.4, 0.5) is 23.7 Å². The number of aliphatic carboxylic acids is 1. The fourth-order valence-electron chi connectivity index (χ4n) is 3.54. The second-order valence-corrected chi connectivity index (χ2v) is 9.17. The predicted octanol–water partition coefficient (Wildman–Crippen LogP) is 2.28. The van der Waals surface area contributed by atoms with Crippen LogP contribution in [0.3, 0.4) is 0 Å². The highest BCUT2D eigenvalue weighted by molar-refractivity contribution is 7.90. The Balaban J connectivity index is 2.23. The summed E-state index contributed by atoms with van der Waals surface area (Å²) >= 11 is 0. The summed E-state index contributed by atoms with van der Waals surface area (Å²) in [4.78, 5) is 25.3. The minimum Gasteiger partial charge on any atom is -0.545 e. The van der Waals surface area contributed by atoms with Crippen LogP contribution in [0.15, 0.2) is 58.6 Å². The minimum atomic E-state index is -4.70. The highest BCUT2D eigenvalue weighted by Gasteiger charge is 2.37. The monoisotopic (exact) mass is 478 g/mol. The van der Waals surface area contributed by atoms with Crippen molar-refractivity contribution in [1.29, 1.82) is 5.26 Å². The minimum absolute atomic E-state index is 0.0115. The first-order chi connectivity index (χ1) is 15.3. The highest BCUT2D eigenvalue weighted by Crippen LogP contribution is 2.38. The van der Waals surface area contributed by atoms with Crippen LogP contribution in [0.1, 0.15) is 29.7 Å². The van der Waals surface area contributed by atoms with E-state index in [-0.39, 0.29) is 27.4 Å². The van der Waals surface area contributed by atoms with Crippen LogP contribution >= 0.6 is 0 Å². The molecule has 0 aromatic heterocycles. The number of amides is 2. The quantitative estimate of drug-likeness (QED) is 0.718. The zero-order chi connectivity index (χ0) is 24.7. The molecular formula is C21H15F3N3O5S-. The van der Waals surface area contributed by atoms with Crippen molar-refractivity contribution in [3.8, 4) is 6.07 Å². The van der Waals surface area contributed by atoms with E-state index in [2.05, 4.69) is 5.32 Å². The molecule has 172 valence electrons. The van der Waals surface area contributed by atoms with Gasteiger partial charge in [0.15, 0.2) is 9.84 Å². The topological polar surface area (TPSA) is 130 Å². The number of carboxylic acids is 1. The molecule has 1 heterocycles. The van der Waals surface area contributed by atoms with E-state index >= 15 is 0 Å². The molecule has 0 aliphatic carbocycles. The average molecular weight is 478 g/mol. The largest absolute Gasteiger partial charge is 0.545 e. The first kappa shape index (κ1) is 23.8. The van der Waals surface area contributed by atoms with Gasteiger partial charge in [0.25, 0.3) is 0 Å². The van der Waals surface area contributed by atoms with Crippen molar-refractivity contribution >= 4 is 27.5 Å². The third-order valence-electron chi connectivity index (χ3n) is 4.99. The normalized spacial score (nSPS) is 16.9. The Kier molecular flexibility index (Phi) is 5.95. The number of nitriles is 1. The number of hydrogen-bond acceptors (Lipinski definition) is 6. The van der Waals surface area contributed by atoms with Crippen LogP contribution in [0, 0.1) is 11.3 Å². The smallest absolute Gasteiger partial charge is 0.416 e. The lowest BCUT2D eigenvalue weighted by molar-refractivity contribution is -0.299. The molecule has 0 radical (unpaired) electrons. The Hall–Kier alpha value is -3.85. The van der Waals surface area contributed by atoms with Gasteiger partial charge in [0.2, 0.25) is 0 Å². The van der Waals surface area contributed by atoms with Crippen LogP contribution in [-0.4, -0.2) is 26.7 Å². The number of nitrogens with one attached hydrogen (secondary N) is 1. The second kappa shape index (κ2) is 8.25. The Bertz CT molecular complexity index is 1340. The molecule has 0 bridgehead atoms. The van der Waals surface area contributed by atoms with E-state index in [0.717, 1.165) is 29.4 Å². The molecule has 1 aliphatic heterocycles. The number of nitrogens with zero attached hydrogens (tertiary/aromatic N) is 2. The van der Waals surface area contributed by atoms with E-state index in [1.54, 1.807) is 6.07 Å². The zero-order valence-corrected chi connectivity index (χ0v) is 17.9. The number of urea groups is 1. The number of benzene rings is 2. The van der Waals surface area contributed by atoms with Gasteiger partial charge in [0.05, 0.1) is 39.8 Å². The molecule has 12 heteroatoms. The number of anilines is 1. The summed E-state index contributed by atoms with van der Waals surface area (Å²) in [6.45, 7) is 1.20. The van der Waals surface area contributed by atoms with E-state index in [0.29, 0.717) is 6.07 Å². The zero-order valence-electron chi connectivity index (χ0n) is 17.1. The van der Waals surface area contributed by atoms with Gasteiger partial charge in [-0.25, -0.2) is 13.2 Å². The van der Waals surface area contributed by atoms with Crippen molar-refractivity contribution in [3.63, 3.8) is 0 Å². The second-order valence-electron chi connectivity index (χ2n) is 7.19. The van der Waals surface area contributed by atoms with E-state index in [4.69, 9.17) is 5.26 Å². The van der Waals surface area contributed by atoms with Gasteiger partial charge in [-0.15, -0.1) is 0 Å². The number of rotatable bonds is 4. The first-order valence-corrected chi connectivity index (χ1v) is 11.1. The summed E-state index contributed by atoms with van der Waals surface area (Å²) in [6.07, 6.45) is -3.85. The molecule has 0 saturated heterocycles. The number of carbonyl (C=O) groups excluding carboxylic acids is 2. The molecule has 0 saturated carbocycles. The van der Waals surface area contributed by atoms with E-state index < -0.39 is 45.2 Å². The number of alkyl halides is 3. The summed E-state index contributed by atoms with van der Waals surface area (Å²) in [5, 5.41) is 23.4. The fourth-order valence-corrected chi connectivity index (χ4v) is 4.49. The van der Waals surface area contributed by atoms with E-state index in [1.165, 1.54) is 25.1 Å². The van der Waals surface area contributed by atoms with Gasteiger partial charge in [0, 0.05) is 17.5 Å². The maximum atomic E-state index is 13.1. The van der Waals surface area contributed by atoms with Gasteiger partial charge >= 0.3 is 12.2 Å². The Morgan fingerprint density at radius 1 is 1.21 bits per heavy atom. The Morgan fingerprint density at radius 2 is 1.88 bits per heavy atom. The third-order valence-corrected chi connectivity index (χ3v) is 6.14. The molecule has 1 unspecified atom stereocenters. The van der Waals surface area contributed by atoms with Crippen molar-refractivity contribution in [3.05, 3.63) is 70.4 Å². The summed E-state index contributed by atoms with van der Waals surface area (Å²) in [7, 11) is -3.96. The molecule has 1 N–H and O–H groups in total. The molecule has 3 rings (SSSR count). The molecule has 1 aliphatic rings. The number of carboxylic acid groups (broad SMARTS) is 1. The summed E-state index contributed by atoms with van der Waals surface area (Å²) in [5.74, 6) is -1.77. The van der Waals surface area contributed by atoms with Gasteiger partial charge in [0.1, 0.15) is 0 Å². The lowest BCUT2D eigenvalue weighted by Crippen LogP contribution is -2.50. The van der Waals surface area contributed by atoms with Gasteiger partial charge in [-0.2, -0.15) is 18.4 Å². The van der Waals surface area contributed by atoms with Crippen molar-refractivity contribution in [1.82, 2.24) is 5.32 Å².